The van der Waals surface area contributed by atoms with Gasteiger partial charge < -0.3 is 17.0 Å². The van der Waals surface area contributed by atoms with E-state index in [1.54, 1.807) is 12.1 Å². The number of benzene rings is 1. The van der Waals surface area contributed by atoms with Crippen LogP contribution in [0.4, 0.5) is 0 Å². The number of hydrogen-bond acceptors (Lipinski definition) is 1. The van der Waals surface area contributed by atoms with Crippen LogP contribution >= 0.6 is 11.6 Å². The Bertz CT molecular complexity index is 347. The molecule has 1 heterocycles. The lowest BCUT2D eigenvalue weighted by Gasteiger charge is -2.01. The van der Waals surface area contributed by atoms with Crippen LogP contribution in [0.15, 0.2) is 24.3 Å². The number of carbonyl (C=O) groups is 1. The molecule has 1 aliphatic heterocycles. The van der Waals surface area contributed by atoms with Gasteiger partial charge in [0.05, 0.1) is 0 Å². The summed E-state index contributed by atoms with van der Waals surface area (Å²) in [6.07, 6.45) is 2.61. The molecule has 0 unspecified atom stereocenters. The molecule has 0 bridgehead atoms. The molecule has 0 saturated carbocycles. The minimum Gasteiger partial charge on any atom is -1.00 e. The fraction of sp³-hybridized carbons (Fsp3) is 0.417. The van der Waals surface area contributed by atoms with Crippen molar-refractivity contribution in [3.8, 4) is 0 Å². The van der Waals surface area contributed by atoms with Gasteiger partial charge in [-0.05, 0) is 48.0 Å². The molecular formula is C12H14BrClOS. The molecule has 4 heteroatoms. The van der Waals surface area contributed by atoms with Crippen molar-refractivity contribution < 1.29 is 21.8 Å². The largest absolute Gasteiger partial charge is 1.00 e. The van der Waals surface area contributed by atoms with Gasteiger partial charge in [-0.25, -0.2) is 0 Å². The van der Waals surface area contributed by atoms with Gasteiger partial charge in [-0.1, -0.05) is 11.6 Å². The van der Waals surface area contributed by atoms with Gasteiger partial charge in [0.25, 0.3) is 0 Å². The number of Topliss-reactive ketones (excluding diaryl/α,β-unsaturated/α-hetero) is 1. The first-order valence-corrected chi connectivity index (χ1v) is 7.29. The van der Waals surface area contributed by atoms with Crippen molar-refractivity contribution in [1.82, 2.24) is 0 Å². The number of carbonyl (C=O) groups excluding carboxylic acids is 1. The monoisotopic (exact) mass is 320 g/mol. The minimum absolute atomic E-state index is 0. The summed E-state index contributed by atoms with van der Waals surface area (Å²) in [5.74, 6) is 3.51. The summed E-state index contributed by atoms with van der Waals surface area (Å²) in [5, 5.41) is 0.690. The highest BCUT2D eigenvalue weighted by atomic mass is 79.9. The van der Waals surface area contributed by atoms with Crippen LogP contribution in [0.5, 0.6) is 0 Å². The van der Waals surface area contributed by atoms with Gasteiger partial charge in [-0.2, -0.15) is 0 Å². The molecule has 0 amide bonds. The Hall–Kier alpha value is 0.01000. The van der Waals surface area contributed by atoms with E-state index in [2.05, 4.69) is 0 Å². The molecule has 1 aromatic carbocycles. The third kappa shape index (κ3) is 3.79. The highest BCUT2D eigenvalue weighted by Gasteiger charge is 2.27. The fourth-order valence-corrected chi connectivity index (χ4v) is 4.14. The molecule has 0 atom stereocenters. The van der Waals surface area contributed by atoms with Gasteiger partial charge >= 0.3 is 0 Å². The molecule has 1 aliphatic rings. The third-order valence-corrected chi connectivity index (χ3v) is 5.27. The van der Waals surface area contributed by atoms with Crippen LogP contribution in [-0.2, 0) is 10.9 Å². The van der Waals surface area contributed by atoms with Crippen LogP contribution < -0.4 is 17.0 Å². The summed E-state index contributed by atoms with van der Waals surface area (Å²) in [5.41, 5.74) is 0.804. The maximum Gasteiger partial charge on any atom is 0.211 e. The summed E-state index contributed by atoms with van der Waals surface area (Å²) in [6.45, 7) is 0. The first kappa shape index (κ1) is 14.1. The van der Waals surface area contributed by atoms with Gasteiger partial charge in [0, 0.05) is 10.6 Å². The Kier molecular flexibility index (Phi) is 5.87. The number of hydrogen-bond donors (Lipinski definition) is 0. The van der Waals surface area contributed by atoms with Crippen molar-refractivity contribution in [3.63, 3.8) is 0 Å². The predicted octanol–water partition coefficient (Wildman–Crippen LogP) is -0.0612. The van der Waals surface area contributed by atoms with Crippen LogP contribution in [0.1, 0.15) is 23.2 Å². The Morgan fingerprint density at radius 3 is 2.31 bits per heavy atom. The van der Waals surface area contributed by atoms with E-state index in [1.165, 1.54) is 24.3 Å². The maximum atomic E-state index is 11.9. The lowest BCUT2D eigenvalue weighted by molar-refractivity contribution is -0.0000108. The highest BCUT2D eigenvalue weighted by molar-refractivity contribution is 7.97. The second-order valence-electron chi connectivity index (χ2n) is 3.80. The SMILES string of the molecule is O=C(C[S+]1CCCC1)c1ccc(Cl)cc1.[Br-]. The van der Waals surface area contributed by atoms with Gasteiger partial charge in [0.15, 0.2) is 5.75 Å². The molecule has 1 saturated heterocycles. The van der Waals surface area contributed by atoms with E-state index < -0.39 is 0 Å². The third-order valence-electron chi connectivity index (χ3n) is 2.62. The molecule has 88 valence electrons. The van der Waals surface area contributed by atoms with Crippen LogP contribution in [-0.4, -0.2) is 23.0 Å². The van der Waals surface area contributed by atoms with Crippen LogP contribution in [0, 0.1) is 0 Å². The van der Waals surface area contributed by atoms with Crippen molar-refractivity contribution >= 4 is 28.3 Å². The first-order chi connectivity index (χ1) is 7.25. The topological polar surface area (TPSA) is 17.1 Å². The van der Waals surface area contributed by atoms with Crippen molar-refractivity contribution in [3.05, 3.63) is 34.9 Å². The Morgan fingerprint density at radius 2 is 1.75 bits per heavy atom. The lowest BCUT2D eigenvalue weighted by Crippen LogP contribution is -3.00. The fourth-order valence-electron chi connectivity index (χ4n) is 1.76. The molecule has 0 aliphatic carbocycles. The molecule has 2 rings (SSSR count). The van der Waals surface area contributed by atoms with E-state index in [0.29, 0.717) is 15.9 Å². The molecule has 1 fully saturated rings. The summed E-state index contributed by atoms with van der Waals surface area (Å²) in [6, 6.07) is 7.22. The predicted molar refractivity (Wildman–Crippen MR) is 67.0 cm³/mol. The second-order valence-corrected chi connectivity index (χ2v) is 6.57. The standard InChI is InChI=1S/C12H14ClOS.BrH/c13-11-5-3-10(4-6-11)12(14)9-15-7-1-2-8-15;/h3-6H,1-2,7-9H2;1H/q+1;/p-1. The van der Waals surface area contributed by atoms with Crippen LogP contribution in [0.25, 0.3) is 0 Å². The zero-order valence-corrected chi connectivity index (χ0v) is 12.1. The zero-order valence-electron chi connectivity index (χ0n) is 8.92. The number of ketones is 1. The van der Waals surface area contributed by atoms with E-state index in [4.69, 9.17) is 11.6 Å². The highest BCUT2D eigenvalue weighted by Crippen LogP contribution is 2.16. The van der Waals surface area contributed by atoms with Crippen molar-refractivity contribution in [2.75, 3.05) is 17.3 Å². The molecule has 1 aromatic rings. The summed E-state index contributed by atoms with van der Waals surface area (Å²) in [7, 11) is 0.354. The Labute approximate surface area is 115 Å². The number of halogens is 2. The van der Waals surface area contributed by atoms with Gasteiger partial charge in [-0.3, -0.25) is 4.79 Å². The van der Waals surface area contributed by atoms with Crippen molar-refractivity contribution in [2.45, 2.75) is 12.8 Å². The zero-order chi connectivity index (χ0) is 10.7. The van der Waals surface area contributed by atoms with Crippen molar-refractivity contribution in [2.24, 2.45) is 0 Å². The average molecular weight is 322 g/mol. The number of rotatable bonds is 3. The summed E-state index contributed by atoms with van der Waals surface area (Å²) in [4.78, 5) is 11.9. The quantitative estimate of drug-likeness (QED) is 0.563. The Balaban J connectivity index is 0.00000128. The second kappa shape index (κ2) is 6.67. The first-order valence-electron chi connectivity index (χ1n) is 5.18. The smallest absolute Gasteiger partial charge is 0.211 e. The molecule has 0 radical (unpaired) electrons. The normalized spacial score (nSPS) is 15.8. The van der Waals surface area contributed by atoms with E-state index in [9.17, 15) is 4.79 Å². The molecular weight excluding hydrogens is 308 g/mol. The van der Waals surface area contributed by atoms with Crippen molar-refractivity contribution in [1.29, 1.82) is 0 Å². The molecule has 0 aromatic heterocycles. The van der Waals surface area contributed by atoms with Gasteiger partial charge in [0.1, 0.15) is 11.5 Å². The summed E-state index contributed by atoms with van der Waals surface area (Å²) >= 11 is 5.78. The van der Waals surface area contributed by atoms with E-state index in [-0.39, 0.29) is 22.8 Å². The molecule has 0 spiro atoms. The molecule has 0 N–H and O–H groups in total. The maximum absolute atomic E-state index is 11.9. The minimum atomic E-state index is 0. The Morgan fingerprint density at radius 1 is 1.19 bits per heavy atom. The lowest BCUT2D eigenvalue weighted by atomic mass is 10.1. The van der Waals surface area contributed by atoms with Crippen LogP contribution in [0.2, 0.25) is 5.02 Å². The van der Waals surface area contributed by atoms with E-state index in [1.807, 2.05) is 12.1 Å². The van der Waals surface area contributed by atoms with Gasteiger partial charge in [0.2, 0.25) is 5.78 Å². The van der Waals surface area contributed by atoms with Gasteiger partial charge in [-0.15, -0.1) is 0 Å². The molecule has 16 heavy (non-hydrogen) atoms. The average Bonchev–Trinajstić information content (AvgIpc) is 2.71. The van der Waals surface area contributed by atoms with E-state index in [0.717, 1.165) is 11.3 Å². The molecule has 1 nitrogen and oxygen atoms in total. The summed E-state index contributed by atoms with van der Waals surface area (Å²) < 4.78 is 0. The van der Waals surface area contributed by atoms with E-state index >= 15 is 0 Å². The van der Waals surface area contributed by atoms with Crippen LogP contribution in [0.3, 0.4) is 0 Å².